The number of piperidine rings is 1. The quantitative estimate of drug-likeness (QED) is 0.898. The number of aliphatic hydroxyl groups excluding tert-OH is 1. The molecule has 2 rings (SSSR count). The zero-order valence-electron chi connectivity index (χ0n) is 9.62. The van der Waals surface area contributed by atoms with Crippen molar-refractivity contribution in [3.8, 4) is 0 Å². The van der Waals surface area contributed by atoms with Gasteiger partial charge in [0.15, 0.2) is 0 Å². The van der Waals surface area contributed by atoms with Gasteiger partial charge in [0.2, 0.25) is 0 Å². The van der Waals surface area contributed by atoms with Gasteiger partial charge in [-0.25, -0.2) is 0 Å². The third-order valence-corrected chi connectivity index (χ3v) is 3.79. The van der Waals surface area contributed by atoms with Crippen LogP contribution in [0.5, 0.6) is 0 Å². The van der Waals surface area contributed by atoms with E-state index >= 15 is 0 Å². The van der Waals surface area contributed by atoms with Crippen molar-refractivity contribution in [3.05, 3.63) is 28.2 Å². The number of halogens is 1. The molecule has 1 saturated heterocycles. The lowest BCUT2D eigenvalue weighted by Gasteiger charge is -2.30. The highest BCUT2D eigenvalue weighted by Gasteiger charge is 2.14. The summed E-state index contributed by atoms with van der Waals surface area (Å²) in [4.78, 5) is 2.42. The fourth-order valence-corrected chi connectivity index (χ4v) is 2.82. The Bertz CT molecular complexity index is 359. The highest BCUT2D eigenvalue weighted by molar-refractivity contribution is 9.10. The molecule has 1 heterocycles. The molecule has 0 saturated carbocycles. The lowest BCUT2D eigenvalue weighted by Crippen LogP contribution is -2.29. The summed E-state index contributed by atoms with van der Waals surface area (Å²) in [6, 6.07) is 6.14. The third-order valence-electron chi connectivity index (χ3n) is 3.15. The topological polar surface area (TPSA) is 23.5 Å². The third kappa shape index (κ3) is 2.58. The standard InChI is InChI=1S/C13H18BrNO/c1-10(16)11-5-6-13(12(14)9-11)15-7-3-2-4-8-15/h5-6,9-10,16H,2-4,7-8H2,1H3/t10-/m0/s1. The fraction of sp³-hybridized carbons (Fsp3) is 0.538. The van der Waals surface area contributed by atoms with Crippen LogP contribution in [0.4, 0.5) is 5.69 Å². The van der Waals surface area contributed by atoms with Crippen LogP contribution in [-0.4, -0.2) is 18.2 Å². The maximum absolute atomic E-state index is 9.51. The van der Waals surface area contributed by atoms with E-state index in [9.17, 15) is 5.11 Å². The van der Waals surface area contributed by atoms with Crippen molar-refractivity contribution in [1.29, 1.82) is 0 Å². The average molecular weight is 284 g/mol. The predicted octanol–water partition coefficient (Wildman–Crippen LogP) is 3.49. The van der Waals surface area contributed by atoms with Crippen molar-refractivity contribution in [3.63, 3.8) is 0 Å². The van der Waals surface area contributed by atoms with Crippen molar-refractivity contribution < 1.29 is 5.11 Å². The van der Waals surface area contributed by atoms with Crippen molar-refractivity contribution in [2.45, 2.75) is 32.3 Å². The van der Waals surface area contributed by atoms with Gasteiger partial charge in [-0.2, -0.15) is 0 Å². The molecule has 0 radical (unpaired) electrons. The van der Waals surface area contributed by atoms with Gasteiger partial charge in [0.1, 0.15) is 0 Å². The summed E-state index contributed by atoms with van der Waals surface area (Å²) < 4.78 is 1.09. The van der Waals surface area contributed by atoms with Crippen LogP contribution in [0, 0.1) is 0 Å². The second kappa shape index (κ2) is 5.19. The van der Waals surface area contributed by atoms with E-state index in [1.54, 1.807) is 6.92 Å². The molecule has 1 N–H and O–H groups in total. The Labute approximate surface area is 105 Å². The van der Waals surface area contributed by atoms with Gasteiger partial charge in [0.25, 0.3) is 0 Å². The monoisotopic (exact) mass is 283 g/mol. The lowest BCUT2D eigenvalue weighted by molar-refractivity contribution is 0.199. The number of benzene rings is 1. The first-order chi connectivity index (χ1) is 7.68. The predicted molar refractivity (Wildman–Crippen MR) is 70.8 cm³/mol. The molecule has 1 aromatic rings. The van der Waals surface area contributed by atoms with Crippen LogP contribution in [0.3, 0.4) is 0 Å². The molecule has 3 heteroatoms. The highest BCUT2D eigenvalue weighted by Crippen LogP contribution is 2.31. The maximum Gasteiger partial charge on any atom is 0.0762 e. The van der Waals surface area contributed by atoms with Gasteiger partial charge in [0, 0.05) is 17.6 Å². The van der Waals surface area contributed by atoms with Gasteiger partial charge in [0.05, 0.1) is 11.8 Å². The van der Waals surface area contributed by atoms with Crippen molar-refractivity contribution in [2.24, 2.45) is 0 Å². The van der Waals surface area contributed by atoms with Crippen LogP contribution in [0.15, 0.2) is 22.7 Å². The van der Waals surface area contributed by atoms with Gasteiger partial charge in [-0.15, -0.1) is 0 Å². The first kappa shape index (κ1) is 11.9. The van der Waals surface area contributed by atoms with E-state index in [0.29, 0.717) is 0 Å². The molecule has 88 valence electrons. The number of nitrogens with zero attached hydrogens (tertiary/aromatic N) is 1. The molecule has 0 aliphatic carbocycles. The van der Waals surface area contributed by atoms with E-state index in [2.05, 4.69) is 26.9 Å². The molecular weight excluding hydrogens is 266 g/mol. The molecule has 0 amide bonds. The summed E-state index contributed by atoms with van der Waals surface area (Å²) in [7, 11) is 0. The summed E-state index contributed by atoms with van der Waals surface area (Å²) in [6.07, 6.45) is 3.52. The summed E-state index contributed by atoms with van der Waals surface area (Å²) in [5.41, 5.74) is 2.22. The molecule has 1 aliphatic rings. The molecule has 0 bridgehead atoms. The van der Waals surface area contributed by atoms with Gasteiger partial charge in [-0.05, 0) is 59.8 Å². The second-order valence-electron chi connectivity index (χ2n) is 4.43. The van der Waals surface area contributed by atoms with Gasteiger partial charge >= 0.3 is 0 Å². The van der Waals surface area contributed by atoms with Gasteiger partial charge in [-0.3, -0.25) is 0 Å². The molecule has 0 spiro atoms. The number of aliphatic hydroxyl groups is 1. The zero-order chi connectivity index (χ0) is 11.5. The number of hydrogen-bond donors (Lipinski definition) is 1. The number of rotatable bonds is 2. The summed E-state index contributed by atoms with van der Waals surface area (Å²) in [6.45, 7) is 4.08. The van der Waals surface area contributed by atoms with E-state index < -0.39 is 6.10 Å². The first-order valence-electron chi connectivity index (χ1n) is 5.91. The Hall–Kier alpha value is -0.540. The van der Waals surface area contributed by atoms with Gasteiger partial charge < -0.3 is 10.0 Å². The van der Waals surface area contributed by atoms with E-state index in [1.165, 1.54) is 24.9 Å². The van der Waals surface area contributed by atoms with Crippen LogP contribution in [0.25, 0.3) is 0 Å². The Morgan fingerprint density at radius 1 is 1.25 bits per heavy atom. The highest BCUT2D eigenvalue weighted by atomic mass is 79.9. The van der Waals surface area contributed by atoms with E-state index in [4.69, 9.17) is 0 Å². The molecule has 1 fully saturated rings. The van der Waals surface area contributed by atoms with E-state index in [-0.39, 0.29) is 0 Å². The summed E-state index contributed by atoms with van der Waals surface area (Å²) >= 11 is 3.60. The van der Waals surface area contributed by atoms with E-state index in [0.717, 1.165) is 23.1 Å². The van der Waals surface area contributed by atoms with Crippen molar-refractivity contribution >= 4 is 21.6 Å². The molecule has 16 heavy (non-hydrogen) atoms. The van der Waals surface area contributed by atoms with Crippen LogP contribution < -0.4 is 4.90 Å². The smallest absolute Gasteiger partial charge is 0.0762 e. The molecule has 1 atom stereocenters. The second-order valence-corrected chi connectivity index (χ2v) is 5.29. The maximum atomic E-state index is 9.51. The first-order valence-corrected chi connectivity index (χ1v) is 6.70. The summed E-state index contributed by atoms with van der Waals surface area (Å²) in [5.74, 6) is 0. The Morgan fingerprint density at radius 3 is 2.50 bits per heavy atom. The largest absolute Gasteiger partial charge is 0.389 e. The minimum atomic E-state index is -0.397. The molecule has 2 nitrogen and oxygen atoms in total. The van der Waals surface area contributed by atoms with Crippen LogP contribution in [-0.2, 0) is 0 Å². The minimum Gasteiger partial charge on any atom is -0.389 e. The number of hydrogen-bond acceptors (Lipinski definition) is 2. The molecule has 0 aromatic heterocycles. The average Bonchev–Trinajstić information content (AvgIpc) is 2.30. The number of anilines is 1. The van der Waals surface area contributed by atoms with Crippen molar-refractivity contribution in [2.75, 3.05) is 18.0 Å². The molecular formula is C13H18BrNO. The summed E-state index contributed by atoms with van der Waals surface area (Å²) in [5, 5.41) is 9.51. The minimum absolute atomic E-state index is 0.397. The molecule has 1 aromatic carbocycles. The molecule has 0 unspecified atom stereocenters. The Morgan fingerprint density at radius 2 is 1.94 bits per heavy atom. The van der Waals surface area contributed by atoms with Crippen LogP contribution >= 0.6 is 15.9 Å². The van der Waals surface area contributed by atoms with Crippen molar-refractivity contribution in [1.82, 2.24) is 0 Å². The lowest BCUT2D eigenvalue weighted by atomic mass is 10.1. The Kier molecular flexibility index (Phi) is 3.87. The zero-order valence-corrected chi connectivity index (χ0v) is 11.2. The fourth-order valence-electron chi connectivity index (χ4n) is 2.17. The Balaban J connectivity index is 2.21. The van der Waals surface area contributed by atoms with Gasteiger partial charge in [-0.1, -0.05) is 6.07 Å². The molecule has 1 aliphatic heterocycles. The van der Waals surface area contributed by atoms with E-state index in [1.807, 2.05) is 12.1 Å². The SMILES string of the molecule is C[C@H](O)c1ccc(N2CCCCC2)c(Br)c1. The van der Waals surface area contributed by atoms with Crippen LogP contribution in [0.2, 0.25) is 0 Å². The van der Waals surface area contributed by atoms with Crippen LogP contribution in [0.1, 0.15) is 37.9 Å². The normalized spacial score (nSPS) is 18.6.